The van der Waals surface area contributed by atoms with E-state index in [-0.39, 0.29) is 17.2 Å². The van der Waals surface area contributed by atoms with Crippen molar-refractivity contribution in [2.75, 3.05) is 17.7 Å². The molecule has 156 valence electrons. The van der Waals surface area contributed by atoms with Gasteiger partial charge in [0.1, 0.15) is 5.75 Å². The number of carbonyl (C=O) groups is 2. The number of ether oxygens (including phenoxy) is 1. The van der Waals surface area contributed by atoms with Crippen LogP contribution in [0, 0.1) is 5.41 Å². The Hall–Kier alpha value is -3.34. The molecule has 0 spiro atoms. The smallest absolute Gasteiger partial charge is 0.255 e. The molecule has 0 radical (unpaired) electrons. The zero-order valence-electron chi connectivity index (χ0n) is 17.9. The van der Waals surface area contributed by atoms with Crippen molar-refractivity contribution in [3.8, 4) is 5.75 Å². The first-order valence-electron chi connectivity index (χ1n) is 10.0. The first-order chi connectivity index (χ1) is 14.3. The zero-order chi connectivity index (χ0) is 21.7. The second kappa shape index (κ2) is 8.99. The molecular formula is C25H28N2O3. The molecule has 1 aliphatic carbocycles. The van der Waals surface area contributed by atoms with Gasteiger partial charge in [-0.15, -0.1) is 0 Å². The van der Waals surface area contributed by atoms with E-state index in [9.17, 15) is 9.59 Å². The van der Waals surface area contributed by atoms with Crippen LogP contribution in [0.2, 0.25) is 0 Å². The van der Waals surface area contributed by atoms with Crippen molar-refractivity contribution in [2.45, 2.75) is 33.6 Å². The van der Waals surface area contributed by atoms with Crippen molar-refractivity contribution in [3.63, 3.8) is 0 Å². The van der Waals surface area contributed by atoms with Gasteiger partial charge in [0.2, 0.25) is 0 Å². The summed E-state index contributed by atoms with van der Waals surface area (Å²) >= 11 is 0. The molecule has 0 aliphatic heterocycles. The highest BCUT2D eigenvalue weighted by molar-refractivity contribution is 6.10. The molecular weight excluding hydrogens is 376 g/mol. The minimum atomic E-state index is -0.273. The maximum Gasteiger partial charge on any atom is 0.255 e. The number of amides is 2. The Morgan fingerprint density at radius 1 is 0.867 bits per heavy atom. The fourth-order valence-corrected chi connectivity index (χ4v) is 3.31. The van der Waals surface area contributed by atoms with Gasteiger partial charge in [-0.3, -0.25) is 9.59 Å². The van der Waals surface area contributed by atoms with E-state index in [0.29, 0.717) is 29.1 Å². The number of anilines is 2. The van der Waals surface area contributed by atoms with Gasteiger partial charge in [-0.05, 0) is 48.6 Å². The molecule has 2 amide bonds. The molecule has 5 heteroatoms. The van der Waals surface area contributed by atoms with Crippen LogP contribution in [0.4, 0.5) is 11.4 Å². The summed E-state index contributed by atoms with van der Waals surface area (Å²) < 4.78 is 5.18. The SMILES string of the molecule is COc1cccc(C(=O)Nc2ccccc2NC(=O)C2=CC=C(C(C)(C)C)CC2)c1. The second-order valence-corrected chi connectivity index (χ2v) is 8.32. The molecule has 30 heavy (non-hydrogen) atoms. The minimum absolute atomic E-state index is 0.107. The van der Waals surface area contributed by atoms with Crippen LogP contribution in [-0.4, -0.2) is 18.9 Å². The number of rotatable bonds is 5. The molecule has 0 bridgehead atoms. The molecule has 0 saturated heterocycles. The number of carbonyl (C=O) groups excluding carboxylic acids is 2. The number of hydrogen-bond donors (Lipinski definition) is 2. The topological polar surface area (TPSA) is 67.4 Å². The van der Waals surface area contributed by atoms with Gasteiger partial charge in [-0.1, -0.05) is 56.7 Å². The van der Waals surface area contributed by atoms with Gasteiger partial charge >= 0.3 is 0 Å². The van der Waals surface area contributed by atoms with E-state index >= 15 is 0 Å². The molecule has 0 fully saturated rings. The normalized spacial score (nSPS) is 13.7. The Kier molecular flexibility index (Phi) is 6.40. The lowest BCUT2D eigenvalue weighted by molar-refractivity contribution is -0.113. The number of methoxy groups -OCH3 is 1. The van der Waals surface area contributed by atoms with Crippen LogP contribution in [0.15, 0.2) is 71.8 Å². The van der Waals surface area contributed by atoms with Crippen molar-refractivity contribution in [2.24, 2.45) is 5.41 Å². The van der Waals surface area contributed by atoms with Crippen LogP contribution in [0.25, 0.3) is 0 Å². The summed E-state index contributed by atoms with van der Waals surface area (Å²) in [5.74, 6) is 0.184. The lowest BCUT2D eigenvalue weighted by Crippen LogP contribution is -2.20. The predicted molar refractivity (Wildman–Crippen MR) is 121 cm³/mol. The van der Waals surface area contributed by atoms with Gasteiger partial charge < -0.3 is 15.4 Å². The van der Waals surface area contributed by atoms with Gasteiger partial charge in [0.05, 0.1) is 18.5 Å². The lowest BCUT2D eigenvalue weighted by atomic mass is 9.80. The number of para-hydroxylation sites is 2. The molecule has 0 saturated carbocycles. The van der Waals surface area contributed by atoms with Crippen molar-refractivity contribution in [3.05, 3.63) is 77.4 Å². The van der Waals surface area contributed by atoms with Gasteiger partial charge in [-0.25, -0.2) is 0 Å². The molecule has 2 aromatic carbocycles. The van der Waals surface area contributed by atoms with Crippen molar-refractivity contribution < 1.29 is 14.3 Å². The van der Waals surface area contributed by atoms with E-state index in [0.717, 1.165) is 12.0 Å². The van der Waals surface area contributed by atoms with E-state index < -0.39 is 0 Å². The van der Waals surface area contributed by atoms with Crippen molar-refractivity contribution >= 4 is 23.2 Å². The van der Waals surface area contributed by atoms with Gasteiger partial charge in [0, 0.05) is 11.1 Å². The van der Waals surface area contributed by atoms with Crippen molar-refractivity contribution in [1.29, 1.82) is 0 Å². The van der Waals surface area contributed by atoms with Gasteiger partial charge in [-0.2, -0.15) is 0 Å². The maximum absolute atomic E-state index is 12.8. The average Bonchev–Trinajstić information content (AvgIpc) is 2.74. The molecule has 2 N–H and O–H groups in total. The molecule has 3 rings (SSSR count). The van der Waals surface area contributed by atoms with E-state index in [1.807, 2.05) is 18.2 Å². The van der Waals surface area contributed by atoms with Crippen LogP contribution < -0.4 is 15.4 Å². The van der Waals surface area contributed by atoms with Crippen LogP contribution in [0.1, 0.15) is 44.0 Å². The third-order valence-electron chi connectivity index (χ3n) is 5.16. The fourth-order valence-electron chi connectivity index (χ4n) is 3.31. The Bertz CT molecular complexity index is 1010. The molecule has 0 heterocycles. The van der Waals surface area contributed by atoms with Gasteiger partial charge in [0.15, 0.2) is 0 Å². The largest absolute Gasteiger partial charge is 0.497 e. The highest BCUT2D eigenvalue weighted by atomic mass is 16.5. The molecule has 0 unspecified atom stereocenters. The summed E-state index contributed by atoms with van der Waals surface area (Å²) in [7, 11) is 1.56. The Balaban J connectivity index is 1.74. The fraction of sp³-hybridized carbons (Fsp3) is 0.280. The van der Waals surface area contributed by atoms with Crippen LogP contribution in [-0.2, 0) is 4.79 Å². The summed E-state index contributed by atoms with van der Waals surface area (Å²) in [5, 5.41) is 5.81. The van der Waals surface area contributed by atoms with E-state index in [4.69, 9.17) is 4.74 Å². The lowest BCUT2D eigenvalue weighted by Gasteiger charge is -2.25. The number of benzene rings is 2. The average molecular weight is 405 g/mol. The molecule has 1 aliphatic rings. The molecule has 2 aromatic rings. The summed E-state index contributed by atoms with van der Waals surface area (Å²) in [6, 6.07) is 14.1. The summed E-state index contributed by atoms with van der Waals surface area (Å²) in [5.41, 5.74) is 3.76. The highest BCUT2D eigenvalue weighted by Crippen LogP contribution is 2.33. The van der Waals surface area contributed by atoms with E-state index in [1.165, 1.54) is 5.57 Å². The molecule has 5 nitrogen and oxygen atoms in total. The maximum atomic E-state index is 12.8. The third-order valence-corrected chi connectivity index (χ3v) is 5.16. The Morgan fingerprint density at radius 2 is 1.53 bits per heavy atom. The second-order valence-electron chi connectivity index (χ2n) is 8.32. The van der Waals surface area contributed by atoms with Crippen LogP contribution >= 0.6 is 0 Å². The number of nitrogens with one attached hydrogen (secondary N) is 2. The van der Waals surface area contributed by atoms with Crippen LogP contribution in [0.5, 0.6) is 5.75 Å². The first kappa shape index (κ1) is 21.4. The standard InChI is InChI=1S/C25H28N2O3/c1-25(2,3)19-14-12-17(13-15-19)23(28)26-21-10-5-6-11-22(21)27-24(29)18-8-7-9-20(16-18)30-4/h5-12,14,16H,13,15H2,1-4H3,(H,26,28)(H,27,29). The summed E-state index contributed by atoms with van der Waals surface area (Å²) in [6.45, 7) is 6.54. The Labute approximate surface area is 177 Å². The van der Waals surface area contributed by atoms with Gasteiger partial charge in [0.25, 0.3) is 11.8 Å². The summed E-state index contributed by atoms with van der Waals surface area (Å²) in [4.78, 5) is 25.4. The first-order valence-corrected chi connectivity index (χ1v) is 10.0. The molecule has 0 aromatic heterocycles. The van der Waals surface area contributed by atoms with E-state index in [1.54, 1.807) is 43.5 Å². The highest BCUT2D eigenvalue weighted by Gasteiger charge is 2.21. The van der Waals surface area contributed by atoms with Crippen LogP contribution in [0.3, 0.4) is 0 Å². The zero-order valence-corrected chi connectivity index (χ0v) is 17.9. The quantitative estimate of drug-likeness (QED) is 0.684. The number of hydrogen-bond acceptors (Lipinski definition) is 3. The monoisotopic (exact) mass is 404 g/mol. The van der Waals surface area contributed by atoms with E-state index in [2.05, 4.69) is 37.5 Å². The summed E-state index contributed by atoms with van der Waals surface area (Å²) in [6.07, 6.45) is 5.52. The third kappa shape index (κ3) is 5.17. The number of allylic oxidation sites excluding steroid dienone is 3. The molecule has 0 atom stereocenters. The minimum Gasteiger partial charge on any atom is -0.497 e. The predicted octanol–water partition coefficient (Wildman–Crippen LogP) is 5.58. The Morgan fingerprint density at radius 3 is 2.10 bits per heavy atom. The van der Waals surface area contributed by atoms with Crippen molar-refractivity contribution in [1.82, 2.24) is 0 Å².